The third kappa shape index (κ3) is 1.53. The van der Waals surface area contributed by atoms with E-state index in [2.05, 4.69) is 9.97 Å². The second kappa shape index (κ2) is 3.49. The van der Waals surface area contributed by atoms with Crippen LogP contribution in [-0.4, -0.2) is 9.97 Å². The molecule has 0 bridgehead atoms. The summed E-state index contributed by atoms with van der Waals surface area (Å²) in [7, 11) is 0. The lowest BCUT2D eigenvalue weighted by Crippen LogP contribution is -2.02. The van der Waals surface area contributed by atoms with Crippen molar-refractivity contribution in [2.75, 3.05) is 0 Å². The van der Waals surface area contributed by atoms with Crippen molar-refractivity contribution in [3.63, 3.8) is 0 Å². The van der Waals surface area contributed by atoms with Gasteiger partial charge in [0, 0.05) is 12.3 Å². The van der Waals surface area contributed by atoms with Crippen LogP contribution in [0.3, 0.4) is 0 Å². The predicted octanol–water partition coefficient (Wildman–Crippen LogP) is 1.50. The molecular weight excluding hydrogens is 220 g/mol. The SMILES string of the molecule is Br.O=c1ccc2ncccc2[nH]1. The lowest BCUT2D eigenvalue weighted by Gasteiger charge is -1.92. The number of halogens is 1. The monoisotopic (exact) mass is 226 g/mol. The fourth-order valence-electron chi connectivity index (χ4n) is 0.985. The van der Waals surface area contributed by atoms with Gasteiger partial charge in [0.1, 0.15) is 0 Å². The van der Waals surface area contributed by atoms with E-state index in [-0.39, 0.29) is 22.5 Å². The standard InChI is InChI=1S/C8H6N2O.BrH/c11-8-4-3-6-7(10-8)2-1-5-9-6;/h1-5H,(H,10,11);1H. The molecule has 0 atom stereocenters. The summed E-state index contributed by atoms with van der Waals surface area (Å²) in [6.07, 6.45) is 1.70. The Kier molecular flexibility index (Phi) is 2.60. The molecule has 62 valence electrons. The highest BCUT2D eigenvalue weighted by atomic mass is 79.9. The van der Waals surface area contributed by atoms with Crippen LogP contribution in [0.5, 0.6) is 0 Å². The highest BCUT2D eigenvalue weighted by Gasteiger charge is 1.90. The van der Waals surface area contributed by atoms with Gasteiger partial charge in [0.2, 0.25) is 5.56 Å². The van der Waals surface area contributed by atoms with E-state index in [0.717, 1.165) is 11.0 Å². The van der Waals surface area contributed by atoms with Crippen LogP contribution in [0, 0.1) is 0 Å². The first-order chi connectivity index (χ1) is 5.36. The summed E-state index contributed by atoms with van der Waals surface area (Å²) in [6, 6.07) is 6.78. The smallest absolute Gasteiger partial charge is 0.248 e. The lowest BCUT2D eigenvalue weighted by atomic mass is 10.3. The first kappa shape index (κ1) is 8.93. The maximum Gasteiger partial charge on any atom is 0.248 e. The summed E-state index contributed by atoms with van der Waals surface area (Å²) < 4.78 is 0. The topological polar surface area (TPSA) is 45.8 Å². The van der Waals surface area contributed by atoms with Gasteiger partial charge < -0.3 is 4.98 Å². The molecule has 2 rings (SSSR count). The Morgan fingerprint density at radius 3 is 2.92 bits per heavy atom. The molecular formula is C8H7BrN2O. The molecule has 0 spiro atoms. The van der Waals surface area contributed by atoms with Crippen molar-refractivity contribution < 1.29 is 0 Å². The molecule has 12 heavy (non-hydrogen) atoms. The molecule has 1 N–H and O–H groups in total. The fraction of sp³-hybridized carbons (Fsp3) is 0. The van der Waals surface area contributed by atoms with Crippen LogP contribution in [0.25, 0.3) is 11.0 Å². The number of aromatic nitrogens is 2. The molecule has 0 fully saturated rings. The molecule has 2 aromatic rings. The number of hydrogen-bond acceptors (Lipinski definition) is 2. The van der Waals surface area contributed by atoms with E-state index in [1.165, 1.54) is 6.07 Å². The predicted molar refractivity (Wildman–Crippen MR) is 52.7 cm³/mol. The molecule has 0 aliphatic rings. The van der Waals surface area contributed by atoms with E-state index in [1.54, 1.807) is 18.3 Å². The Hall–Kier alpha value is -1.16. The highest BCUT2D eigenvalue weighted by Crippen LogP contribution is 2.02. The van der Waals surface area contributed by atoms with Crippen LogP contribution in [0.2, 0.25) is 0 Å². The second-order valence-electron chi connectivity index (χ2n) is 2.26. The van der Waals surface area contributed by atoms with E-state index in [0.29, 0.717) is 0 Å². The largest absolute Gasteiger partial charge is 0.321 e. The Labute approximate surface area is 79.2 Å². The first-order valence-electron chi connectivity index (χ1n) is 3.30. The van der Waals surface area contributed by atoms with E-state index in [1.807, 2.05) is 6.07 Å². The molecule has 0 amide bonds. The zero-order valence-corrected chi connectivity index (χ0v) is 7.86. The Bertz CT molecular complexity index is 438. The third-order valence-electron chi connectivity index (χ3n) is 1.49. The van der Waals surface area contributed by atoms with Gasteiger partial charge in [-0.05, 0) is 18.2 Å². The van der Waals surface area contributed by atoms with E-state index >= 15 is 0 Å². The minimum Gasteiger partial charge on any atom is -0.321 e. The van der Waals surface area contributed by atoms with Crippen molar-refractivity contribution >= 4 is 28.0 Å². The van der Waals surface area contributed by atoms with Crippen LogP contribution >= 0.6 is 17.0 Å². The second-order valence-corrected chi connectivity index (χ2v) is 2.26. The van der Waals surface area contributed by atoms with Gasteiger partial charge in [-0.2, -0.15) is 0 Å². The summed E-state index contributed by atoms with van der Waals surface area (Å²) in [6.45, 7) is 0. The molecule has 2 heterocycles. The third-order valence-corrected chi connectivity index (χ3v) is 1.49. The number of fused-ring (bicyclic) bond motifs is 1. The van der Waals surface area contributed by atoms with Gasteiger partial charge in [0.25, 0.3) is 0 Å². The zero-order valence-electron chi connectivity index (χ0n) is 6.15. The number of rotatable bonds is 0. The lowest BCUT2D eigenvalue weighted by molar-refractivity contribution is 1.27. The molecule has 0 saturated carbocycles. The summed E-state index contributed by atoms with van der Waals surface area (Å²) in [5.41, 5.74) is 1.50. The van der Waals surface area contributed by atoms with Gasteiger partial charge in [-0.25, -0.2) is 0 Å². The quantitative estimate of drug-likeness (QED) is 0.741. The minimum atomic E-state index is -0.0921. The van der Waals surface area contributed by atoms with Crippen molar-refractivity contribution in [1.29, 1.82) is 0 Å². The maximum absolute atomic E-state index is 10.8. The van der Waals surface area contributed by atoms with Crippen LogP contribution in [0.4, 0.5) is 0 Å². The van der Waals surface area contributed by atoms with Crippen LogP contribution in [0.1, 0.15) is 0 Å². The maximum atomic E-state index is 10.8. The first-order valence-corrected chi connectivity index (χ1v) is 3.30. The van der Waals surface area contributed by atoms with Crippen LogP contribution in [-0.2, 0) is 0 Å². The number of pyridine rings is 2. The minimum absolute atomic E-state index is 0. The van der Waals surface area contributed by atoms with Gasteiger partial charge in [0.15, 0.2) is 0 Å². The summed E-state index contributed by atoms with van der Waals surface area (Å²) in [5.74, 6) is 0. The molecule has 4 heteroatoms. The van der Waals surface area contributed by atoms with Crippen molar-refractivity contribution in [1.82, 2.24) is 9.97 Å². The van der Waals surface area contributed by atoms with Crippen molar-refractivity contribution in [3.8, 4) is 0 Å². The van der Waals surface area contributed by atoms with E-state index in [9.17, 15) is 4.79 Å². The Morgan fingerprint density at radius 2 is 2.08 bits per heavy atom. The Morgan fingerprint density at radius 1 is 1.25 bits per heavy atom. The Balaban J connectivity index is 0.000000720. The van der Waals surface area contributed by atoms with Gasteiger partial charge in [-0.1, -0.05) is 0 Å². The molecule has 0 radical (unpaired) electrons. The average molecular weight is 227 g/mol. The van der Waals surface area contributed by atoms with Gasteiger partial charge >= 0.3 is 0 Å². The highest BCUT2D eigenvalue weighted by molar-refractivity contribution is 8.93. The van der Waals surface area contributed by atoms with Gasteiger partial charge in [0.05, 0.1) is 11.0 Å². The van der Waals surface area contributed by atoms with Crippen molar-refractivity contribution in [2.24, 2.45) is 0 Å². The average Bonchev–Trinajstić information content (AvgIpc) is 2.04. The molecule has 2 aromatic heterocycles. The number of nitrogens with one attached hydrogen (secondary N) is 1. The molecule has 0 aliphatic heterocycles. The molecule has 3 nitrogen and oxygen atoms in total. The summed E-state index contributed by atoms with van der Waals surface area (Å²) in [4.78, 5) is 17.5. The molecule has 0 unspecified atom stereocenters. The van der Waals surface area contributed by atoms with Crippen molar-refractivity contribution in [2.45, 2.75) is 0 Å². The molecule has 0 aliphatic carbocycles. The zero-order chi connectivity index (χ0) is 7.68. The van der Waals surface area contributed by atoms with Crippen molar-refractivity contribution in [3.05, 3.63) is 40.8 Å². The normalized spacial score (nSPS) is 9.33. The fourth-order valence-corrected chi connectivity index (χ4v) is 0.985. The number of aromatic amines is 1. The van der Waals surface area contributed by atoms with Crippen LogP contribution < -0.4 is 5.56 Å². The number of hydrogen-bond donors (Lipinski definition) is 1. The van der Waals surface area contributed by atoms with E-state index in [4.69, 9.17) is 0 Å². The van der Waals surface area contributed by atoms with Gasteiger partial charge in [-0.3, -0.25) is 9.78 Å². The number of nitrogens with zero attached hydrogens (tertiary/aromatic N) is 1. The van der Waals surface area contributed by atoms with E-state index < -0.39 is 0 Å². The summed E-state index contributed by atoms with van der Waals surface area (Å²) >= 11 is 0. The number of H-pyrrole nitrogens is 1. The van der Waals surface area contributed by atoms with Gasteiger partial charge in [-0.15, -0.1) is 17.0 Å². The van der Waals surface area contributed by atoms with Crippen LogP contribution in [0.15, 0.2) is 35.3 Å². The summed E-state index contributed by atoms with van der Waals surface area (Å²) in [5, 5.41) is 0. The molecule has 0 aromatic carbocycles. The molecule has 0 saturated heterocycles.